The SMILES string of the molecule is C=C/C(=C\C(Cl)=C/CCC1=CC(c2ccc(-c3cc(C)c(-c4c(O)c(O)c(O)c(O)c4O)cn3)cc2)C/C=C\C=C1)CC1=CC(c2ccc(-c3cc(C)c(-c4c(O)c(O)c(O)c(O)c4O)cn3)cc2)C/C=C\C=C1. The highest BCUT2D eigenvalue weighted by molar-refractivity contribution is 6.31. The molecule has 0 spiro atoms. The van der Waals surface area contributed by atoms with E-state index >= 15 is 0 Å². The van der Waals surface area contributed by atoms with Gasteiger partial charge in [-0.1, -0.05) is 145 Å². The zero-order valence-corrected chi connectivity index (χ0v) is 41.3. The average molecular weight is 1010 g/mol. The Bertz CT molecular complexity index is 3360. The van der Waals surface area contributed by atoms with Crippen LogP contribution in [0.2, 0.25) is 0 Å². The van der Waals surface area contributed by atoms with E-state index in [1.807, 2.05) is 48.6 Å². The summed E-state index contributed by atoms with van der Waals surface area (Å²) in [5, 5.41) is 103. The largest absolute Gasteiger partial charge is 0.504 e. The minimum atomic E-state index is -1.02. The van der Waals surface area contributed by atoms with Gasteiger partial charge in [-0.2, -0.15) is 0 Å². The fourth-order valence-corrected chi connectivity index (χ4v) is 9.39. The number of phenolic OH excluding ortho intramolecular Hbond substituents is 10. The van der Waals surface area contributed by atoms with E-state index in [9.17, 15) is 51.1 Å². The number of aromatic nitrogens is 2. The molecule has 0 fully saturated rings. The van der Waals surface area contributed by atoms with E-state index in [4.69, 9.17) is 11.6 Å². The van der Waals surface area contributed by atoms with Crippen LogP contribution in [0, 0.1) is 13.8 Å². The Balaban J connectivity index is 0.916. The summed E-state index contributed by atoms with van der Waals surface area (Å²) < 4.78 is 0. The van der Waals surface area contributed by atoms with Crippen LogP contribution in [0.25, 0.3) is 44.8 Å². The minimum Gasteiger partial charge on any atom is -0.504 e. The van der Waals surface area contributed by atoms with Gasteiger partial charge in [0.25, 0.3) is 0 Å². The number of aryl methyl sites for hydroxylation is 2. The number of pyridine rings is 2. The third kappa shape index (κ3) is 11.0. The van der Waals surface area contributed by atoms with Crippen molar-refractivity contribution < 1.29 is 51.1 Å². The van der Waals surface area contributed by atoms with Crippen molar-refractivity contribution in [3.8, 4) is 102 Å². The van der Waals surface area contributed by atoms with Crippen LogP contribution in [0.1, 0.15) is 66.2 Å². The van der Waals surface area contributed by atoms with Crippen LogP contribution in [0.4, 0.5) is 0 Å². The number of halogens is 1. The monoisotopic (exact) mass is 1010 g/mol. The molecule has 2 unspecified atom stereocenters. The molecule has 2 heterocycles. The molecular weight excluding hydrogens is 956 g/mol. The Morgan fingerprint density at radius 3 is 1.39 bits per heavy atom. The van der Waals surface area contributed by atoms with Crippen LogP contribution in [-0.2, 0) is 0 Å². The van der Waals surface area contributed by atoms with E-state index in [1.54, 1.807) is 26.0 Å². The first-order valence-corrected chi connectivity index (χ1v) is 24.2. The summed E-state index contributed by atoms with van der Waals surface area (Å²) >= 11 is 6.88. The van der Waals surface area contributed by atoms with Crippen molar-refractivity contribution in [2.24, 2.45) is 0 Å². The Labute approximate surface area is 433 Å². The van der Waals surface area contributed by atoms with Gasteiger partial charge in [0.05, 0.1) is 22.5 Å². The second-order valence-corrected chi connectivity index (χ2v) is 18.7. The number of allylic oxidation sites excluding steroid dienone is 17. The van der Waals surface area contributed by atoms with Crippen LogP contribution in [0.5, 0.6) is 57.5 Å². The van der Waals surface area contributed by atoms with Crippen LogP contribution < -0.4 is 0 Å². The Kier molecular flexibility index (Phi) is 15.5. The summed E-state index contributed by atoms with van der Waals surface area (Å²) in [6.07, 6.45) is 33.7. The number of hydrogen-bond acceptors (Lipinski definition) is 12. The number of benzene rings is 4. The smallest absolute Gasteiger partial charge is 0.208 e. The summed E-state index contributed by atoms with van der Waals surface area (Å²) in [5.41, 5.74) is 9.72. The molecule has 0 amide bonds. The summed E-state index contributed by atoms with van der Waals surface area (Å²) in [6, 6.07) is 19.8. The number of phenols is 10. The van der Waals surface area contributed by atoms with Crippen molar-refractivity contribution in [1.29, 1.82) is 0 Å². The predicted octanol–water partition coefficient (Wildman–Crippen LogP) is 14.0. The fraction of sp³-hybridized carbons (Fsp3) is 0.148. The molecule has 0 saturated carbocycles. The predicted molar refractivity (Wildman–Crippen MR) is 290 cm³/mol. The molecule has 13 heteroatoms. The van der Waals surface area contributed by atoms with Crippen LogP contribution in [0.3, 0.4) is 0 Å². The number of hydrogen-bond donors (Lipinski definition) is 10. The molecule has 4 aromatic carbocycles. The van der Waals surface area contributed by atoms with Gasteiger partial charge in [0.1, 0.15) is 0 Å². The Hall–Kier alpha value is -8.87. The lowest BCUT2D eigenvalue weighted by Gasteiger charge is -2.16. The molecule has 74 heavy (non-hydrogen) atoms. The maximum Gasteiger partial charge on any atom is 0.208 e. The van der Waals surface area contributed by atoms with Crippen LogP contribution in [-0.4, -0.2) is 61.0 Å². The number of nitrogens with zero attached hydrogens (tertiary/aromatic N) is 2. The Morgan fingerprint density at radius 1 is 0.568 bits per heavy atom. The second-order valence-electron chi connectivity index (χ2n) is 18.2. The highest BCUT2D eigenvalue weighted by atomic mass is 35.5. The molecule has 2 atom stereocenters. The van der Waals surface area contributed by atoms with Crippen molar-refractivity contribution >= 4 is 11.6 Å². The molecule has 2 aliphatic carbocycles. The molecule has 0 radical (unpaired) electrons. The van der Waals surface area contributed by atoms with Gasteiger partial charge in [0, 0.05) is 51.5 Å². The van der Waals surface area contributed by atoms with Gasteiger partial charge >= 0.3 is 0 Å². The molecule has 2 aliphatic rings. The van der Waals surface area contributed by atoms with Crippen molar-refractivity contribution in [3.63, 3.8) is 0 Å². The molecule has 6 aromatic rings. The van der Waals surface area contributed by atoms with Gasteiger partial charge in [-0.25, -0.2) is 0 Å². The first-order chi connectivity index (χ1) is 35.5. The van der Waals surface area contributed by atoms with Crippen LogP contribution >= 0.6 is 11.6 Å². The van der Waals surface area contributed by atoms with E-state index in [2.05, 4.69) is 95.5 Å². The van der Waals surface area contributed by atoms with Gasteiger partial charge in [-0.05, 0) is 97.6 Å². The van der Waals surface area contributed by atoms with Crippen LogP contribution in [0.15, 0.2) is 180 Å². The van der Waals surface area contributed by atoms with E-state index in [1.165, 1.54) is 18.0 Å². The molecule has 2 aromatic heterocycles. The third-order valence-corrected chi connectivity index (χ3v) is 13.5. The first kappa shape index (κ1) is 51.5. The lowest BCUT2D eigenvalue weighted by atomic mass is 9.89. The zero-order chi connectivity index (χ0) is 52.8. The molecular formula is C61H55ClN2O10. The quantitative estimate of drug-likeness (QED) is 0.0296. The standard InChI is InChI=1S/C61H55ClN2O10/c1-4-36(28-38-13-8-6-10-16-44(30-38)40-20-24-42(25-21-40)49-27-35(3)47(33-64-49)51-54(67)58(71)61(74)59(72)55(51)68)31-45(62)17-11-14-37-12-7-5-9-15-43(29-37)39-18-22-41(23-19-39)48-26-34(2)46(32-63-48)50-52(65)56(69)60(73)57(70)53(50)66/h4-10,12-13,17-27,29-33,43-44,65-74H,1,11,14-16,28H2,2-3H3/b9-5-,10-6-,12-7?,13-8?,36-31+,37-29?,38-30?,45-17+. The van der Waals surface area contributed by atoms with E-state index in [0.29, 0.717) is 34.0 Å². The highest BCUT2D eigenvalue weighted by Crippen LogP contribution is 2.56. The summed E-state index contributed by atoms with van der Waals surface area (Å²) in [7, 11) is 0. The summed E-state index contributed by atoms with van der Waals surface area (Å²) in [4.78, 5) is 9.09. The normalized spacial score (nSPS) is 16.9. The zero-order valence-electron chi connectivity index (χ0n) is 40.6. The van der Waals surface area contributed by atoms with Gasteiger partial charge in [0.2, 0.25) is 34.5 Å². The number of rotatable bonds is 13. The van der Waals surface area contributed by atoms with Crippen molar-refractivity contribution in [3.05, 3.63) is 203 Å². The lowest BCUT2D eigenvalue weighted by molar-refractivity contribution is 0.330. The van der Waals surface area contributed by atoms with E-state index in [-0.39, 0.29) is 34.1 Å². The van der Waals surface area contributed by atoms with Gasteiger partial charge in [0.15, 0.2) is 23.0 Å². The lowest BCUT2D eigenvalue weighted by Crippen LogP contribution is -1.98. The topological polar surface area (TPSA) is 228 Å². The molecule has 0 bridgehead atoms. The molecule has 0 saturated heterocycles. The second kappa shape index (κ2) is 22.3. The molecule has 12 nitrogen and oxygen atoms in total. The van der Waals surface area contributed by atoms with Gasteiger partial charge in [-0.15, -0.1) is 0 Å². The van der Waals surface area contributed by atoms with E-state index < -0.39 is 57.5 Å². The Morgan fingerprint density at radius 2 is 0.973 bits per heavy atom. The minimum absolute atomic E-state index is 0.0813. The summed E-state index contributed by atoms with van der Waals surface area (Å²) in [6.45, 7) is 7.60. The molecule has 10 N–H and O–H groups in total. The third-order valence-electron chi connectivity index (χ3n) is 13.3. The molecule has 376 valence electrons. The number of aromatic hydroxyl groups is 10. The first-order valence-electron chi connectivity index (χ1n) is 23.8. The van der Waals surface area contributed by atoms with E-state index in [0.717, 1.165) is 59.1 Å². The van der Waals surface area contributed by atoms with Gasteiger partial charge in [-0.3, -0.25) is 9.97 Å². The van der Waals surface area contributed by atoms with Crippen molar-refractivity contribution in [2.45, 2.75) is 57.8 Å². The fourth-order valence-electron chi connectivity index (χ4n) is 9.14. The maximum absolute atomic E-state index is 10.5. The molecule has 0 aliphatic heterocycles. The van der Waals surface area contributed by atoms with Crippen molar-refractivity contribution in [1.82, 2.24) is 9.97 Å². The van der Waals surface area contributed by atoms with Crippen molar-refractivity contribution in [2.75, 3.05) is 0 Å². The maximum atomic E-state index is 10.5. The summed E-state index contributed by atoms with van der Waals surface area (Å²) in [5.74, 6) is -8.73. The highest BCUT2D eigenvalue weighted by Gasteiger charge is 2.27. The molecule has 8 rings (SSSR count). The average Bonchev–Trinajstić information content (AvgIpc) is 3.38. The van der Waals surface area contributed by atoms with Gasteiger partial charge < -0.3 is 51.1 Å².